The lowest BCUT2D eigenvalue weighted by Gasteiger charge is -2.20. The summed E-state index contributed by atoms with van der Waals surface area (Å²) in [5, 5.41) is 21.2. The molecule has 16 rings (SSSR count). The van der Waals surface area contributed by atoms with Crippen molar-refractivity contribution < 1.29 is 28.4 Å². The van der Waals surface area contributed by atoms with Gasteiger partial charge in [0.2, 0.25) is 0 Å². The Hall–Kier alpha value is -9.78. The molecule has 0 aromatic heterocycles. The molecule has 0 atom stereocenters. The van der Waals surface area contributed by atoms with Crippen molar-refractivity contribution in [2.75, 3.05) is 21.3 Å². The predicted molar refractivity (Wildman–Crippen MR) is 318 cm³/mol. The van der Waals surface area contributed by atoms with E-state index in [0.717, 1.165) is 66.8 Å². The fraction of sp³-hybridized carbons (Fsp3) is 0.0833. The number of ether oxygens (including phenoxy) is 6. The van der Waals surface area contributed by atoms with Crippen LogP contribution in [0.5, 0.6) is 51.7 Å². The Morgan fingerprint density at radius 3 is 0.692 bits per heavy atom. The average molecular weight is 1010 g/mol. The molecule has 1 aliphatic carbocycles. The van der Waals surface area contributed by atoms with Crippen LogP contribution in [0.4, 0.5) is 0 Å². The van der Waals surface area contributed by atoms with Crippen molar-refractivity contribution in [1.29, 1.82) is 0 Å². The third-order valence-electron chi connectivity index (χ3n) is 16.7. The van der Waals surface area contributed by atoms with Crippen molar-refractivity contribution >= 4 is 97.0 Å². The topological polar surface area (TPSA) is 55.4 Å². The first-order valence-corrected chi connectivity index (χ1v) is 26.6. The predicted octanol–water partition coefficient (Wildman–Crippen LogP) is 18.9. The summed E-state index contributed by atoms with van der Waals surface area (Å²) in [7, 11) is 5.16. The molecule has 0 amide bonds. The molecule has 0 fully saturated rings. The van der Waals surface area contributed by atoms with Gasteiger partial charge in [0.1, 0.15) is 17.2 Å². The maximum absolute atomic E-state index is 7.08. The zero-order valence-electron chi connectivity index (χ0n) is 43.1. The Kier molecular flexibility index (Phi) is 9.77. The van der Waals surface area contributed by atoms with Crippen molar-refractivity contribution in [2.45, 2.75) is 19.3 Å². The van der Waals surface area contributed by atoms with Crippen LogP contribution in [0.2, 0.25) is 0 Å². The van der Waals surface area contributed by atoms with E-state index in [1.54, 1.807) is 21.3 Å². The summed E-state index contributed by atoms with van der Waals surface area (Å²) in [6.07, 6.45) is 1.78. The van der Waals surface area contributed by atoms with Crippen molar-refractivity contribution in [2.24, 2.45) is 0 Å². The molecule has 0 spiro atoms. The van der Waals surface area contributed by atoms with Gasteiger partial charge < -0.3 is 28.4 Å². The zero-order valence-corrected chi connectivity index (χ0v) is 43.1. The quantitative estimate of drug-likeness (QED) is 0.134. The van der Waals surface area contributed by atoms with E-state index < -0.39 is 0 Å². The fourth-order valence-corrected chi connectivity index (χ4v) is 13.0. The van der Waals surface area contributed by atoms with Gasteiger partial charge in [-0.05, 0) is 190 Å². The number of hydrogen-bond acceptors (Lipinski definition) is 6. The molecule has 372 valence electrons. The molecule has 0 aliphatic heterocycles. The minimum Gasteiger partial charge on any atom is -0.493 e. The van der Waals surface area contributed by atoms with E-state index in [0.29, 0.717) is 53.8 Å². The van der Waals surface area contributed by atoms with E-state index in [1.165, 1.54) is 80.8 Å². The minimum atomic E-state index is 0.593. The van der Waals surface area contributed by atoms with Crippen molar-refractivity contribution in [3.63, 3.8) is 0 Å². The van der Waals surface area contributed by atoms with Crippen LogP contribution in [-0.2, 0) is 19.3 Å². The van der Waals surface area contributed by atoms with Gasteiger partial charge in [0.15, 0.2) is 34.5 Å². The van der Waals surface area contributed by atoms with Crippen LogP contribution in [0.1, 0.15) is 33.4 Å². The standard InChI is InChI=1S/C72H48O6/c1-73-61-34-49-31-53-38-65(77-59-29-23-47-17-14-41-8-5-11-44-20-26-56(59)71(47)68(41)44)63(75-3)36-51(53)33-54-39-66(78-60-30-24-48-18-15-42-9-6-12-45-21-27-57(60)72(48)69(42)45)62(74-2)35-50(54)32-52(49)37-64(61)76-58-28-22-46-16-13-40-7-4-10-43-19-25-55(58)70(46)67(40)43/h4-30,34-39H,31-33H2,1-3H3. The average Bonchev–Trinajstić information content (AvgIpc) is 3.64. The lowest BCUT2D eigenvalue weighted by molar-refractivity contribution is 0.378. The first kappa shape index (κ1) is 44.5. The summed E-state index contributed by atoms with van der Waals surface area (Å²) in [4.78, 5) is 0. The van der Waals surface area contributed by atoms with Gasteiger partial charge >= 0.3 is 0 Å². The number of benzene rings is 15. The molecule has 0 saturated heterocycles. The van der Waals surface area contributed by atoms with Gasteiger partial charge in [-0.25, -0.2) is 0 Å². The molecular weight excluding hydrogens is 961 g/mol. The molecule has 0 N–H and O–H groups in total. The molecule has 15 aromatic rings. The minimum absolute atomic E-state index is 0.593. The SMILES string of the molecule is COc1cc2c(cc1Oc1ccc3ccc4cccc5ccc1c3c45)Cc1cc(OC)c(Oc3ccc4ccc5cccc6ccc3c4c56)cc1Cc1cc(OC)c(Oc3ccc4ccc5cccc6ccc3c4c56)cc1C2. The second-order valence-corrected chi connectivity index (χ2v) is 20.9. The summed E-state index contributed by atoms with van der Waals surface area (Å²) in [6, 6.07) is 71.5. The normalized spacial score (nSPS) is 12.7. The van der Waals surface area contributed by atoms with Crippen molar-refractivity contribution in [3.05, 3.63) is 234 Å². The molecule has 0 heterocycles. The van der Waals surface area contributed by atoms with Crippen LogP contribution >= 0.6 is 0 Å². The summed E-state index contributed by atoms with van der Waals surface area (Å²) >= 11 is 0. The Labute approximate surface area is 449 Å². The molecule has 1 aliphatic rings. The summed E-state index contributed by atoms with van der Waals surface area (Å²) < 4.78 is 40.0. The van der Waals surface area contributed by atoms with E-state index in [-0.39, 0.29) is 0 Å². The highest BCUT2D eigenvalue weighted by Gasteiger charge is 2.25. The van der Waals surface area contributed by atoms with E-state index in [4.69, 9.17) is 28.4 Å². The molecule has 0 bridgehead atoms. The molecule has 6 heteroatoms. The summed E-state index contributed by atoms with van der Waals surface area (Å²) in [5.41, 5.74) is 6.63. The number of hydrogen-bond donors (Lipinski definition) is 0. The number of rotatable bonds is 9. The number of fused-ring (bicyclic) bond motifs is 3. The smallest absolute Gasteiger partial charge is 0.169 e. The Morgan fingerprint density at radius 2 is 0.436 bits per heavy atom. The van der Waals surface area contributed by atoms with Gasteiger partial charge in [0, 0.05) is 32.3 Å². The Balaban J connectivity index is 0.855. The highest BCUT2D eigenvalue weighted by atomic mass is 16.5. The molecule has 0 unspecified atom stereocenters. The Morgan fingerprint density at radius 1 is 0.218 bits per heavy atom. The van der Waals surface area contributed by atoms with E-state index in [1.807, 2.05) is 0 Å². The number of methoxy groups -OCH3 is 3. The lowest BCUT2D eigenvalue weighted by Crippen LogP contribution is -2.02. The van der Waals surface area contributed by atoms with E-state index in [9.17, 15) is 0 Å². The molecule has 78 heavy (non-hydrogen) atoms. The zero-order chi connectivity index (χ0) is 51.8. The first-order chi connectivity index (χ1) is 38.4. The third kappa shape index (κ3) is 6.82. The Bertz CT molecular complexity index is 4400. The van der Waals surface area contributed by atoms with Crippen LogP contribution in [0.25, 0.3) is 97.0 Å². The van der Waals surface area contributed by atoms with Crippen molar-refractivity contribution in [3.8, 4) is 51.7 Å². The largest absolute Gasteiger partial charge is 0.493 e. The van der Waals surface area contributed by atoms with Crippen molar-refractivity contribution in [1.82, 2.24) is 0 Å². The van der Waals surface area contributed by atoms with Gasteiger partial charge in [0.05, 0.1) is 21.3 Å². The molecule has 6 nitrogen and oxygen atoms in total. The van der Waals surface area contributed by atoms with E-state index >= 15 is 0 Å². The lowest BCUT2D eigenvalue weighted by atomic mass is 9.93. The van der Waals surface area contributed by atoms with Gasteiger partial charge in [-0.3, -0.25) is 0 Å². The summed E-state index contributed by atoms with van der Waals surface area (Å²) in [5.74, 6) is 6.16. The fourth-order valence-electron chi connectivity index (χ4n) is 13.0. The second-order valence-electron chi connectivity index (χ2n) is 20.9. The van der Waals surface area contributed by atoms with Crippen LogP contribution in [0.15, 0.2) is 200 Å². The molecule has 15 aromatic carbocycles. The third-order valence-corrected chi connectivity index (χ3v) is 16.7. The maximum atomic E-state index is 7.08. The van der Waals surface area contributed by atoms with Crippen LogP contribution in [-0.4, -0.2) is 21.3 Å². The van der Waals surface area contributed by atoms with Gasteiger partial charge in [-0.1, -0.05) is 127 Å². The highest BCUT2D eigenvalue weighted by Crippen LogP contribution is 2.48. The van der Waals surface area contributed by atoms with Gasteiger partial charge in [0.25, 0.3) is 0 Å². The molecule has 0 radical (unpaired) electrons. The van der Waals surface area contributed by atoms with Crippen LogP contribution < -0.4 is 28.4 Å². The monoisotopic (exact) mass is 1010 g/mol. The first-order valence-electron chi connectivity index (χ1n) is 26.6. The summed E-state index contributed by atoms with van der Waals surface area (Å²) in [6.45, 7) is 0. The second kappa shape index (κ2) is 17.1. The highest BCUT2D eigenvalue weighted by molar-refractivity contribution is 6.26. The van der Waals surface area contributed by atoms with Crippen LogP contribution in [0.3, 0.4) is 0 Å². The maximum Gasteiger partial charge on any atom is 0.169 e. The molecular formula is C72H48O6. The van der Waals surface area contributed by atoms with Gasteiger partial charge in [-0.2, -0.15) is 0 Å². The van der Waals surface area contributed by atoms with Gasteiger partial charge in [-0.15, -0.1) is 0 Å². The van der Waals surface area contributed by atoms with E-state index in [2.05, 4.69) is 200 Å². The molecule has 0 saturated carbocycles. The van der Waals surface area contributed by atoms with Crippen LogP contribution in [0, 0.1) is 0 Å².